The summed E-state index contributed by atoms with van der Waals surface area (Å²) in [5, 5.41) is 8.86. The van der Waals surface area contributed by atoms with E-state index in [-0.39, 0.29) is 24.9 Å². The molecule has 0 saturated carbocycles. The molecule has 0 saturated heterocycles. The van der Waals surface area contributed by atoms with Crippen molar-refractivity contribution in [2.24, 2.45) is 0 Å². The summed E-state index contributed by atoms with van der Waals surface area (Å²) >= 11 is 0. The van der Waals surface area contributed by atoms with Crippen LogP contribution in [0, 0.1) is 0 Å². The molecule has 7 heteroatoms. The van der Waals surface area contributed by atoms with E-state index in [9.17, 15) is 0 Å². The van der Waals surface area contributed by atoms with E-state index in [0.29, 0.717) is 39.5 Å². The first-order chi connectivity index (χ1) is 10.2. The third kappa shape index (κ3) is 11.0. The number of aliphatic hydroxyl groups is 1. The van der Waals surface area contributed by atoms with Crippen LogP contribution in [0.25, 0.3) is 0 Å². The smallest absolute Gasteiger partial charge is 0.104 e. The predicted octanol–water partition coefficient (Wildman–Crippen LogP) is 0.0934. The van der Waals surface area contributed by atoms with E-state index < -0.39 is 0 Å². The first-order valence-corrected chi connectivity index (χ1v) is 7.05. The second-order valence-corrected chi connectivity index (χ2v) is 4.62. The third-order valence-electron chi connectivity index (χ3n) is 3.02. The standard InChI is InChI=1S/C14H30O7/c1-16-7-13(18-3)9-21-11-14(19-4)10-20-8-12(17-2)5-6-15/h12-15H,5-11H2,1-4H3. The minimum absolute atomic E-state index is 0.0800. The minimum atomic E-state index is -0.156. The Kier molecular flexibility index (Phi) is 14.5. The fourth-order valence-electron chi connectivity index (χ4n) is 1.63. The molecule has 0 aromatic heterocycles. The van der Waals surface area contributed by atoms with Crippen molar-refractivity contribution in [3.8, 4) is 0 Å². The lowest BCUT2D eigenvalue weighted by molar-refractivity contribution is -0.0837. The summed E-state index contributed by atoms with van der Waals surface area (Å²) in [6.45, 7) is 2.25. The van der Waals surface area contributed by atoms with Crippen LogP contribution < -0.4 is 0 Å². The van der Waals surface area contributed by atoms with Gasteiger partial charge < -0.3 is 33.5 Å². The number of aliphatic hydroxyl groups excluding tert-OH is 1. The molecule has 0 heterocycles. The Morgan fingerprint density at radius 2 is 1.10 bits per heavy atom. The molecular formula is C14H30O7. The van der Waals surface area contributed by atoms with Gasteiger partial charge in [-0.1, -0.05) is 0 Å². The molecule has 21 heavy (non-hydrogen) atoms. The van der Waals surface area contributed by atoms with Gasteiger partial charge in [0.15, 0.2) is 0 Å². The highest BCUT2D eigenvalue weighted by Crippen LogP contribution is 2.01. The molecule has 3 unspecified atom stereocenters. The van der Waals surface area contributed by atoms with Crippen molar-refractivity contribution < 1.29 is 33.5 Å². The molecule has 7 nitrogen and oxygen atoms in total. The van der Waals surface area contributed by atoms with E-state index in [1.165, 1.54) is 0 Å². The maximum Gasteiger partial charge on any atom is 0.104 e. The number of hydrogen-bond acceptors (Lipinski definition) is 7. The Morgan fingerprint density at radius 3 is 1.48 bits per heavy atom. The lowest BCUT2D eigenvalue weighted by Gasteiger charge is -2.20. The normalized spacial score (nSPS) is 15.9. The number of methoxy groups -OCH3 is 4. The summed E-state index contributed by atoms with van der Waals surface area (Å²) in [7, 11) is 6.45. The van der Waals surface area contributed by atoms with Gasteiger partial charge in [-0.05, 0) is 6.42 Å². The first-order valence-electron chi connectivity index (χ1n) is 7.05. The molecule has 0 aromatic rings. The Hall–Kier alpha value is -0.280. The van der Waals surface area contributed by atoms with Crippen LogP contribution in [-0.2, 0) is 28.4 Å². The summed E-state index contributed by atoms with van der Waals surface area (Å²) in [5.41, 5.74) is 0. The second kappa shape index (κ2) is 14.6. The summed E-state index contributed by atoms with van der Waals surface area (Å²) in [4.78, 5) is 0. The molecule has 1 N–H and O–H groups in total. The molecule has 128 valence electrons. The van der Waals surface area contributed by atoms with Gasteiger partial charge >= 0.3 is 0 Å². The molecular weight excluding hydrogens is 280 g/mol. The predicted molar refractivity (Wildman–Crippen MR) is 77.6 cm³/mol. The van der Waals surface area contributed by atoms with Gasteiger partial charge in [0.05, 0.1) is 39.1 Å². The molecule has 0 bridgehead atoms. The zero-order valence-corrected chi connectivity index (χ0v) is 13.6. The van der Waals surface area contributed by atoms with Crippen molar-refractivity contribution in [2.45, 2.75) is 24.7 Å². The Bertz CT molecular complexity index is 195. The van der Waals surface area contributed by atoms with Gasteiger partial charge in [-0.15, -0.1) is 0 Å². The summed E-state index contributed by atoms with van der Waals surface area (Å²) in [6.07, 6.45) is 0.206. The lowest BCUT2D eigenvalue weighted by atomic mass is 10.3. The van der Waals surface area contributed by atoms with Crippen LogP contribution in [0.15, 0.2) is 0 Å². The monoisotopic (exact) mass is 310 g/mol. The highest BCUT2D eigenvalue weighted by Gasteiger charge is 2.13. The van der Waals surface area contributed by atoms with Crippen LogP contribution in [0.2, 0.25) is 0 Å². The van der Waals surface area contributed by atoms with Crippen LogP contribution in [0.4, 0.5) is 0 Å². The summed E-state index contributed by atoms with van der Waals surface area (Å²) in [6, 6.07) is 0. The van der Waals surface area contributed by atoms with Gasteiger partial charge in [0.1, 0.15) is 12.2 Å². The van der Waals surface area contributed by atoms with Crippen molar-refractivity contribution in [1.82, 2.24) is 0 Å². The molecule has 0 radical (unpaired) electrons. The molecule has 0 spiro atoms. The molecule has 0 amide bonds. The van der Waals surface area contributed by atoms with Gasteiger partial charge in [-0.3, -0.25) is 0 Å². The number of rotatable bonds is 15. The quantitative estimate of drug-likeness (QED) is 0.459. The van der Waals surface area contributed by atoms with E-state index in [1.54, 1.807) is 28.4 Å². The molecule has 0 rings (SSSR count). The van der Waals surface area contributed by atoms with Gasteiger partial charge in [0.25, 0.3) is 0 Å². The van der Waals surface area contributed by atoms with Gasteiger partial charge in [0, 0.05) is 35.0 Å². The lowest BCUT2D eigenvalue weighted by Crippen LogP contribution is -2.30. The van der Waals surface area contributed by atoms with E-state index in [1.807, 2.05) is 0 Å². The van der Waals surface area contributed by atoms with Crippen LogP contribution in [0.5, 0.6) is 0 Å². The van der Waals surface area contributed by atoms with Crippen molar-refractivity contribution >= 4 is 0 Å². The highest BCUT2D eigenvalue weighted by atomic mass is 16.6. The van der Waals surface area contributed by atoms with Crippen LogP contribution >= 0.6 is 0 Å². The molecule has 0 fully saturated rings. The minimum Gasteiger partial charge on any atom is -0.396 e. The second-order valence-electron chi connectivity index (χ2n) is 4.62. The topological polar surface area (TPSA) is 75.6 Å². The van der Waals surface area contributed by atoms with Crippen molar-refractivity contribution in [3.63, 3.8) is 0 Å². The average molecular weight is 310 g/mol. The van der Waals surface area contributed by atoms with E-state index in [4.69, 9.17) is 33.5 Å². The fourth-order valence-corrected chi connectivity index (χ4v) is 1.63. The maximum absolute atomic E-state index is 8.86. The molecule has 0 aromatic carbocycles. The third-order valence-corrected chi connectivity index (χ3v) is 3.02. The number of ether oxygens (including phenoxy) is 6. The van der Waals surface area contributed by atoms with Gasteiger partial charge in [-0.2, -0.15) is 0 Å². The number of hydrogen-bond donors (Lipinski definition) is 1. The van der Waals surface area contributed by atoms with Crippen LogP contribution in [0.1, 0.15) is 6.42 Å². The summed E-state index contributed by atoms with van der Waals surface area (Å²) < 4.78 is 31.7. The molecule has 0 aliphatic carbocycles. The Balaban J connectivity index is 3.79. The Morgan fingerprint density at radius 1 is 0.667 bits per heavy atom. The zero-order valence-electron chi connectivity index (χ0n) is 13.6. The van der Waals surface area contributed by atoms with Gasteiger partial charge in [0.2, 0.25) is 0 Å². The van der Waals surface area contributed by atoms with E-state index in [2.05, 4.69) is 0 Å². The molecule has 3 atom stereocenters. The average Bonchev–Trinajstić information content (AvgIpc) is 2.51. The largest absolute Gasteiger partial charge is 0.396 e. The Labute approximate surface area is 127 Å². The van der Waals surface area contributed by atoms with Crippen molar-refractivity contribution in [1.29, 1.82) is 0 Å². The SMILES string of the molecule is COCC(COCC(COCC(CCO)OC)OC)OC. The van der Waals surface area contributed by atoms with Crippen LogP contribution in [-0.4, -0.2) is 91.5 Å². The highest BCUT2D eigenvalue weighted by molar-refractivity contribution is 4.60. The fraction of sp³-hybridized carbons (Fsp3) is 1.00. The van der Waals surface area contributed by atoms with Gasteiger partial charge in [-0.25, -0.2) is 0 Å². The molecule has 0 aliphatic heterocycles. The zero-order chi connectivity index (χ0) is 15.9. The van der Waals surface area contributed by atoms with E-state index >= 15 is 0 Å². The van der Waals surface area contributed by atoms with Crippen molar-refractivity contribution in [2.75, 3.05) is 68.1 Å². The first kappa shape index (κ1) is 20.7. The summed E-state index contributed by atoms with van der Waals surface area (Å²) in [5.74, 6) is 0. The van der Waals surface area contributed by atoms with Crippen LogP contribution in [0.3, 0.4) is 0 Å². The van der Waals surface area contributed by atoms with E-state index in [0.717, 1.165) is 0 Å². The molecule has 0 aliphatic rings. The van der Waals surface area contributed by atoms with Crippen molar-refractivity contribution in [3.05, 3.63) is 0 Å². The maximum atomic E-state index is 8.86.